The first-order valence-electron chi connectivity index (χ1n) is 6.98. The van der Waals surface area contributed by atoms with E-state index in [1.54, 1.807) is 19.9 Å². The molecule has 0 saturated carbocycles. The summed E-state index contributed by atoms with van der Waals surface area (Å²) in [6.07, 6.45) is 0. The van der Waals surface area contributed by atoms with Gasteiger partial charge in [-0.1, -0.05) is 6.07 Å². The molecule has 0 spiro atoms. The summed E-state index contributed by atoms with van der Waals surface area (Å²) in [6.45, 7) is 7.05. The van der Waals surface area contributed by atoms with Gasteiger partial charge in [-0.3, -0.25) is 4.79 Å². The fraction of sp³-hybridized carbons (Fsp3) is 0.294. The topological polar surface area (TPSA) is 68.5 Å². The molecule has 1 aromatic carbocycles. The van der Waals surface area contributed by atoms with Crippen LogP contribution in [0.5, 0.6) is 0 Å². The Hall–Kier alpha value is -2.56. The van der Waals surface area contributed by atoms with Crippen LogP contribution in [0, 0.1) is 27.7 Å². The largest absolute Gasteiger partial charge is 0.466 e. The maximum Gasteiger partial charge on any atom is 0.342 e. The number of amides is 1. The minimum absolute atomic E-state index is 0.338. The van der Waals surface area contributed by atoms with Crippen LogP contribution in [-0.4, -0.2) is 18.5 Å². The highest BCUT2D eigenvalue weighted by Gasteiger charge is 2.16. The van der Waals surface area contributed by atoms with Gasteiger partial charge in [0.25, 0.3) is 5.91 Å². The lowest BCUT2D eigenvalue weighted by Gasteiger charge is -2.08. The van der Waals surface area contributed by atoms with Gasteiger partial charge in [-0.15, -0.1) is 0 Å². The summed E-state index contributed by atoms with van der Waals surface area (Å²) < 4.78 is 10.3. The van der Waals surface area contributed by atoms with Gasteiger partial charge in [-0.25, -0.2) is 4.79 Å². The number of nitrogens with one attached hydrogen (secondary N) is 1. The minimum atomic E-state index is -0.565. The molecule has 0 atom stereocenters. The molecule has 0 radical (unpaired) electrons. The molecule has 0 bridgehead atoms. The number of furan rings is 1. The van der Waals surface area contributed by atoms with Crippen molar-refractivity contribution in [3.8, 4) is 0 Å². The lowest BCUT2D eigenvalue weighted by molar-refractivity contribution is -0.119. The monoisotopic (exact) mass is 301 g/mol. The first kappa shape index (κ1) is 15.8. The third kappa shape index (κ3) is 3.75. The van der Waals surface area contributed by atoms with Crippen molar-refractivity contribution in [1.82, 2.24) is 0 Å². The molecule has 0 aliphatic rings. The lowest BCUT2D eigenvalue weighted by Crippen LogP contribution is -2.21. The van der Waals surface area contributed by atoms with E-state index in [9.17, 15) is 9.59 Å². The number of benzene rings is 1. The third-order valence-electron chi connectivity index (χ3n) is 3.39. The van der Waals surface area contributed by atoms with E-state index in [2.05, 4.69) is 5.32 Å². The van der Waals surface area contributed by atoms with Gasteiger partial charge >= 0.3 is 5.97 Å². The van der Waals surface area contributed by atoms with Crippen LogP contribution in [0.15, 0.2) is 28.7 Å². The highest BCUT2D eigenvalue weighted by Crippen LogP contribution is 2.16. The van der Waals surface area contributed by atoms with Crippen molar-refractivity contribution < 1.29 is 18.7 Å². The lowest BCUT2D eigenvalue weighted by atomic mass is 10.1. The zero-order valence-corrected chi connectivity index (χ0v) is 13.1. The number of anilines is 1. The molecular formula is C17H19NO4. The predicted octanol–water partition coefficient (Wildman–Crippen LogP) is 3.31. The van der Waals surface area contributed by atoms with Gasteiger partial charge in [-0.05, 0) is 57.0 Å². The maximum atomic E-state index is 11.9. The SMILES string of the molecule is Cc1cc(C(=O)OCC(=O)Nc2ccc(C)c(C)c2)c(C)o1. The van der Waals surface area contributed by atoms with E-state index < -0.39 is 5.97 Å². The van der Waals surface area contributed by atoms with Crippen LogP contribution < -0.4 is 5.32 Å². The Morgan fingerprint density at radius 1 is 1.09 bits per heavy atom. The van der Waals surface area contributed by atoms with E-state index in [1.807, 2.05) is 32.0 Å². The molecule has 116 valence electrons. The Kier molecular flexibility index (Phi) is 4.65. The number of ether oxygens (including phenoxy) is 1. The first-order chi connectivity index (χ1) is 10.4. The Morgan fingerprint density at radius 3 is 2.41 bits per heavy atom. The summed E-state index contributed by atoms with van der Waals surface area (Å²) in [5, 5.41) is 2.70. The molecule has 5 heteroatoms. The number of carbonyl (C=O) groups excluding carboxylic acids is 2. The summed E-state index contributed by atoms with van der Waals surface area (Å²) in [4.78, 5) is 23.7. The number of hydrogen-bond donors (Lipinski definition) is 1. The Labute approximate surface area is 129 Å². The summed E-state index contributed by atoms with van der Waals surface area (Å²) in [7, 11) is 0. The van der Waals surface area contributed by atoms with Gasteiger partial charge < -0.3 is 14.5 Å². The molecule has 2 aromatic rings. The van der Waals surface area contributed by atoms with Crippen LogP contribution in [0.1, 0.15) is 33.0 Å². The van der Waals surface area contributed by atoms with Crippen LogP contribution in [0.2, 0.25) is 0 Å². The van der Waals surface area contributed by atoms with Crippen LogP contribution >= 0.6 is 0 Å². The Morgan fingerprint density at radius 2 is 1.82 bits per heavy atom. The van der Waals surface area contributed by atoms with Crippen molar-refractivity contribution in [2.75, 3.05) is 11.9 Å². The zero-order valence-electron chi connectivity index (χ0n) is 13.1. The molecule has 1 amide bonds. The van der Waals surface area contributed by atoms with Crippen molar-refractivity contribution >= 4 is 17.6 Å². The molecule has 22 heavy (non-hydrogen) atoms. The first-order valence-corrected chi connectivity index (χ1v) is 6.98. The van der Waals surface area contributed by atoms with Gasteiger partial charge in [0.2, 0.25) is 0 Å². The van der Waals surface area contributed by atoms with Gasteiger partial charge in [-0.2, -0.15) is 0 Å². The molecule has 0 unspecified atom stereocenters. The number of carbonyl (C=O) groups is 2. The van der Waals surface area contributed by atoms with E-state index in [-0.39, 0.29) is 12.5 Å². The molecule has 2 rings (SSSR count). The smallest absolute Gasteiger partial charge is 0.342 e. The van der Waals surface area contributed by atoms with E-state index in [0.29, 0.717) is 22.8 Å². The number of aryl methyl sites for hydroxylation is 4. The second-order valence-electron chi connectivity index (χ2n) is 5.25. The minimum Gasteiger partial charge on any atom is -0.466 e. The van der Waals surface area contributed by atoms with Gasteiger partial charge in [0.05, 0.1) is 0 Å². The predicted molar refractivity (Wildman–Crippen MR) is 83.0 cm³/mol. The zero-order chi connectivity index (χ0) is 16.3. The number of esters is 1. The Bertz CT molecular complexity index is 715. The van der Waals surface area contributed by atoms with Gasteiger partial charge in [0.15, 0.2) is 6.61 Å². The average Bonchev–Trinajstić information content (AvgIpc) is 2.79. The molecule has 1 N–H and O–H groups in total. The number of rotatable bonds is 4. The molecule has 1 aromatic heterocycles. The Balaban J connectivity index is 1.91. The van der Waals surface area contributed by atoms with Crippen molar-refractivity contribution in [3.05, 3.63) is 52.5 Å². The van der Waals surface area contributed by atoms with Gasteiger partial charge in [0.1, 0.15) is 17.1 Å². The summed E-state index contributed by atoms with van der Waals surface area (Å²) >= 11 is 0. The van der Waals surface area contributed by atoms with Gasteiger partial charge in [0, 0.05) is 5.69 Å². The van der Waals surface area contributed by atoms with E-state index in [1.165, 1.54) is 0 Å². The van der Waals surface area contributed by atoms with Crippen LogP contribution in [0.3, 0.4) is 0 Å². The van der Waals surface area contributed by atoms with E-state index in [4.69, 9.17) is 9.15 Å². The van der Waals surface area contributed by atoms with Crippen molar-refractivity contribution in [3.63, 3.8) is 0 Å². The van der Waals surface area contributed by atoms with E-state index in [0.717, 1.165) is 11.1 Å². The molecule has 0 saturated heterocycles. The van der Waals surface area contributed by atoms with Crippen molar-refractivity contribution in [1.29, 1.82) is 0 Å². The fourth-order valence-corrected chi connectivity index (χ4v) is 2.06. The van der Waals surface area contributed by atoms with E-state index >= 15 is 0 Å². The number of hydrogen-bond acceptors (Lipinski definition) is 4. The van der Waals surface area contributed by atoms with Crippen LogP contribution in [0.25, 0.3) is 0 Å². The highest BCUT2D eigenvalue weighted by atomic mass is 16.5. The molecule has 0 aliphatic carbocycles. The second kappa shape index (κ2) is 6.47. The second-order valence-corrected chi connectivity index (χ2v) is 5.25. The summed E-state index contributed by atoms with van der Waals surface area (Å²) in [5.74, 6) is 0.167. The summed E-state index contributed by atoms with van der Waals surface area (Å²) in [5.41, 5.74) is 3.26. The normalized spacial score (nSPS) is 10.4. The summed E-state index contributed by atoms with van der Waals surface area (Å²) in [6, 6.07) is 7.21. The molecular weight excluding hydrogens is 282 g/mol. The van der Waals surface area contributed by atoms with Crippen molar-refractivity contribution in [2.24, 2.45) is 0 Å². The fourth-order valence-electron chi connectivity index (χ4n) is 2.06. The molecule has 5 nitrogen and oxygen atoms in total. The average molecular weight is 301 g/mol. The maximum absolute atomic E-state index is 11.9. The third-order valence-corrected chi connectivity index (χ3v) is 3.39. The highest BCUT2D eigenvalue weighted by molar-refractivity contribution is 5.96. The molecule has 0 aliphatic heterocycles. The molecule has 0 fully saturated rings. The van der Waals surface area contributed by atoms with Crippen molar-refractivity contribution in [2.45, 2.75) is 27.7 Å². The quantitative estimate of drug-likeness (QED) is 0.880. The van der Waals surface area contributed by atoms with Crippen LogP contribution in [-0.2, 0) is 9.53 Å². The standard InChI is InChI=1S/C17H19NO4/c1-10-5-6-14(7-11(10)2)18-16(19)9-21-17(20)15-8-12(3)22-13(15)4/h5-8H,9H2,1-4H3,(H,18,19). The molecule has 1 heterocycles. The van der Waals surface area contributed by atoms with Crippen LogP contribution in [0.4, 0.5) is 5.69 Å².